The molecule has 1 aliphatic rings. The highest BCUT2D eigenvalue weighted by molar-refractivity contribution is 5.97. The number of carbonyl (C=O) groups is 1. The molecule has 1 heterocycles. The average Bonchev–Trinajstić information content (AvgIpc) is 2.53. The highest BCUT2D eigenvalue weighted by atomic mass is 35.5. The monoisotopic (exact) mass is 406 g/mol. The Morgan fingerprint density at radius 2 is 1.50 bits per heavy atom. The van der Waals surface area contributed by atoms with Crippen molar-refractivity contribution in [1.82, 2.24) is 5.32 Å². The van der Waals surface area contributed by atoms with Crippen LogP contribution in [0.3, 0.4) is 0 Å². The molecule has 0 aliphatic carbocycles. The summed E-state index contributed by atoms with van der Waals surface area (Å²) in [7, 11) is 1.28. The van der Waals surface area contributed by atoms with Gasteiger partial charge in [0.1, 0.15) is 5.60 Å². The number of amides is 1. The molecule has 0 bridgehead atoms. The highest BCUT2D eigenvalue weighted by Crippen LogP contribution is 2.38. The summed E-state index contributed by atoms with van der Waals surface area (Å²) in [6, 6.07) is 0.946. The summed E-state index contributed by atoms with van der Waals surface area (Å²) in [5.74, 6) is -0.774. The minimum Gasteiger partial charge on any atom is -0.368 e. The van der Waals surface area contributed by atoms with Gasteiger partial charge in [-0.15, -0.1) is 12.4 Å². The molecule has 2 rings (SSSR count). The molecule has 0 spiro atoms. The normalized spacial score (nSPS) is 17.3. The summed E-state index contributed by atoms with van der Waals surface area (Å²) < 4.78 is 82.4. The summed E-state index contributed by atoms with van der Waals surface area (Å²) in [4.78, 5) is 12.4. The number of carbonyl (C=O) groups excluding carboxylic acids is 1. The topological polar surface area (TPSA) is 50.4 Å². The molecule has 2 N–H and O–H groups in total. The van der Waals surface area contributed by atoms with Crippen molar-refractivity contribution in [2.45, 2.75) is 30.8 Å². The van der Waals surface area contributed by atoms with Crippen molar-refractivity contribution in [2.75, 3.05) is 25.5 Å². The van der Waals surface area contributed by atoms with Gasteiger partial charge in [0.25, 0.3) is 5.91 Å². The smallest absolute Gasteiger partial charge is 0.368 e. The Balaban J connectivity index is 0.00000338. The van der Waals surface area contributed by atoms with Crippen LogP contribution in [0, 0.1) is 0 Å². The first kappa shape index (κ1) is 22.5. The van der Waals surface area contributed by atoms with Crippen molar-refractivity contribution in [3.05, 3.63) is 29.3 Å². The van der Waals surface area contributed by atoms with E-state index >= 15 is 0 Å². The van der Waals surface area contributed by atoms with Gasteiger partial charge in [-0.3, -0.25) is 4.79 Å². The molecule has 26 heavy (non-hydrogen) atoms. The van der Waals surface area contributed by atoms with Crippen LogP contribution in [0.1, 0.15) is 24.0 Å². The SMILES string of the molecule is COC1(C(=O)Nc2cc(C(F)(F)F)cc(C(F)(F)F)c2)CCNCC1.Cl. The number of methoxy groups -OCH3 is 1. The summed E-state index contributed by atoms with van der Waals surface area (Å²) in [6.45, 7) is 0.884. The molecule has 1 fully saturated rings. The van der Waals surface area contributed by atoms with Gasteiger partial charge >= 0.3 is 12.4 Å². The van der Waals surface area contributed by atoms with Crippen LogP contribution in [-0.2, 0) is 21.9 Å². The second kappa shape index (κ2) is 8.01. The zero-order chi connectivity index (χ0) is 18.9. The fourth-order valence-electron chi connectivity index (χ4n) is 2.63. The zero-order valence-electron chi connectivity index (χ0n) is 13.6. The highest BCUT2D eigenvalue weighted by Gasteiger charge is 2.41. The summed E-state index contributed by atoms with van der Waals surface area (Å²) >= 11 is 0. The molecule has 1 saturated heterocycles. The molecule has 0 saturated carbocycles. The van der Waals surface area contributed by atoms with Gasteiger partial charge in [0.05, 0.1) is 11.1 Å². The summed E-state index contributed by atoms with van der Waals surface area (Å²) in [5.41, 5.74) is -4.86. The number of nitrogens with one attached hydrogen (secondary N) is 2. The maximum atomic E-state index is 12.9. The molecule has 148 valence electrons. The first-order chi connectivity index (χ1) is 11.5. The van der Waals surface area contributed by atoms with E-state index in [1.165, 1.54) is 7.11 Å². The quantitative estimate of drug-likeness (QED) is 0.750. The lowest BCUT2D eigenvalue weighted by Gasteiger charge is -2.34. The predicted molar refractivity (Wildman–Crippen MR) is 84.2 cm³/mol. The van der Waals surface area contributed by atoms with E-state index < -0.39 is 40.7 Å². The lowest BCUT2D eigenvalue weighted by atomic mass is 9.91. The van der Waals surface area contributed by atoms with Crippen LogP contribution in [0.4, 0.5) is 32.0 Å². The number of hydrogen-bond donors (Lipinski definition) is 2. The number of rotatable bonds is 3. The van der Waals surface area contributed by atoms with E-state index in [0.29, 0.717) is 25.2 Å². The Morgan fingerprint density at radius 1 is 1.04 bits per heavy atom. The maximum absolute atomic E-state index is 12.9. The van der Waals surface area contributed by atoms with Gasteiger partial charge < -0.3 is 15.4 Å². The lowest BCUT2D eigenvalue weighted by molar-refractivity contribution is -0.143. The standard InChI is InChI=1S/C15H16F6N2O2.ClH/c1-25-13(2-4-22-5-3-13)12(24)23-11-7-9(14(16,17)18)6-10(8-11)15(19,20)21;/h6-8,22H,2-5H2,1H3,(H,23,24);1H. The molecular formula is C15H17ClF6N2O2. The van der Waals surface area contributed by atoms with E-state index in [9.17, 15) is 31.1 Å². The second-order valence-corrected chi connectivity index (χ2v) is 5.70. The largest absolute Gasteiger partial charge is 0.416 e. The van der Waals surface area contributed by atoms with Gasteiger partial charge in [-0.2, -0.15) is 26.3 Å². The third-order valence-corrected chi connectivity index (χ3v) is 4.06. The molecule has 0 atom stereocenters. The fourth-order valence-corrected chi connectivity index (χ4v) is 2.63. The van der Waals surface area contributed by atoms with E-state index in [-0.39, 0.29) is 31.3 Å². The van der Waals surface area contributed by atoms with Crippen molar-refractivity contribution >= 4 is 24.0 Å². The van der Waals surface area contributed by atoms with Crippen LogP contribution < -0.4 is 10.6 Å². The molecule has 0 radical (unpaired) electrons. The molecular weight excluding hydrogens is 390 g/mol. The van der Waals surface area contributed by atoms with Crippen LogP contribution in [-0.4, -0.2) is 31.7 Å². The number of halogens is 7. The van der Waals surface area contributed by atoms with Crippen LogP contribution >= 0.6 is 12.4 Å². The van der Waals surface area contributed by atoms with E-state index in [0.717, 1.165) is 0 Å². The number of benzene rings is 1. The van der Waals surface area contributed by atoms with Gasteiger partial charge in [0, 0.05) is 12.8 Å². The third kappa shape index (κ3) is 5.01. The van der Waals surface area contributed by atoms with Gasteiger partial charge in [-0.1, -0.05) is 0 Å². The third-order valence-electron chi connectivity index (χ3n) is 4.06. The van der Waals surface area contributed by atoms with Gasteiger partial charge in [-0.05, 0) is 44.1 Å². The van der Waals surface area contributed by atoms with Crippen molar-refractivity contribution < 1.29 is 35.9 Å². The van der Waals surface area contributed by atoms with E-state index in [4.69, 9.17) is 4.74 Å². The fraction of sp³-hybridized carbons (Fsp3) is 0.533. The van der Waals surface area contributed by atoms with E-state index in [1.807, 2.05) is 0 Å². The number of anilines is 1. The Kier molecular flexibility index (Phi) is 6.94. The Bertz CT molecular complexity index is 610. The van der Waals surface area contributed by atoms with Crippen molar-refractivity contribution in [3.8, 4) is 0 Å². The number of ether oxygens (including phenoxy) is 1. The molecule has 0 aromatic heterocycles. The summed E-state index contributed by atoms with van der Waals surface area (Å²) in [6.07, 6.45) is -9.45. The molecule has 11 heteroatoms. The average molecular weight is 407 g/mol. The number of piperidine rings is 1. The minimum atomic E-state index is -4.98. The van der Waals surface area contributed by atoms with Gasteiger partial charge in [0.15, 0.2) is 0 Å². The molecule has 4 nitrogen and oxygen atoms in total. The maximum Gasteiger partial charge on any atom is 0.416 e. The second-order valence-electron chi connectivity index (χ2n) is 5.70. The number of hydrogen-bond acceptors (Lipinski definition) is 3. The molecule has 1 aliphatic heterocycles. The molecule has 0 unspecified atom stereocenters. The van der Waals surface area contributed by atoms with Crippen LogP contribution in [0.25, 0.3) is 0 Å². The van der Waals surface area contributed by atoms with Crippen LogP contribution in [0.5, 0.6) is 0 Å². The first-order valence-corrected chi connectivity index (χ1v) is 7.35. The minimum absolute atomic E-state index is 0. The Labute approximate surface area is 151 Å². The van der Waals surface area contributed by atoms with E-state index in [1.54, 1.807) is 0 Å². The molecule has 1 aromatic rings. The lowest BCUT2D eigenvalue weighted by Crippen LogP contribution is -2.51. The predicted octanol–water partition coefficient (Wildman–Crippen LogP) is 3.85. The Hall–Kier alpha value is -1.52. The van der Waals surface area contributed by atoms with Crippen molar-refractivity contribution in [1.29, 1.82) is 0 Å². The van der Waals surface area contributed by atoms with E-state index in [2.05, 4.69) is 10.6 Å². The Morgan fingerprint density at radius 3 is 1.88 bits per heavy atom. The van der Waals surface area contributed by atoms with Crippen molar-refractivity contribution in [3.63, 3.8) is 0 Å². The van der Waals surface area contributed by atoms with Crippen molar-refractivity contribution in [2.24, 2.45) is 0 Å². The van der Waals surface area contributed by atoms with Crippen LogP contribution in [0.2, 0.25) is 0 Å². The molecule has 1 aromatic carbocycles. The molecule has 1 amide bonds. The number of alkyl halides is 6. The van der Waals surface area contributed by atoms with Gasteiger partial charge in [-0.25, -0.2) is 0 Å². The van der Waals surface area contributed by atoms with Gasteiger partial charge in [0.2, 0.25) is 0 Å². The van der Waals surface area contributed by atoms with Crippen LogP contribution in [0.15, 0.2) is 18.2 Å². The first-order valence-electron chi connectivity index (χ1n) is 7.35. The summed E-state index contributed by atoms with van der Waals surface area (Å²) in [5, 5.41) is 5.13. The zero-order valence-corrected chi connectivity index (χ0v) is 14.4.